The van der Waals surface area contributed by atoms with Gasteiger partial charge in [-0.25, -0.2) is 0 Å². The van der Waals surface area contributed by atoms with Crippen LogP contribution in [0.1, 0.15) is 51.4 Å². The maximum Gasteiger partial charge on any atom is 0.220 e. The third-order valence-corrected chi connectivity index (χ3v) is 6.55. The van der Waals surface area contributed by atoms with E-state index in [9.17, 15) is 4.79 Å². The number of rotatable bonds is 6. The van der Waals surface area contributed by atoms with Crippen LogP contribution in [0.25, 0.3) is 0 Å². The molecule has 1 N–H and O–H groups in total. The molecule has 4 aliphatic carbocycles. The molecule has 0 unspecified atom stereocenters. The predicted molar refractivity (Wildman–Crippen MR) is 97.9 cm³/mol. The third-order valence-electron chi connectivity index (χ3n) is 6.06. The molecule has 0 radical (unpaired) electrons. The molecule has 4 fully saturated rings. The summed E-state index contributed by atoms with van der Waals surface area (Å²) in [5, 5.41) is 3.43. The third kappa shape index (κ3) is 3.63. The first kappa shape index (κ1) is 16.4. The van der Waals surface area contributed by atoms with E-state index in [0.717, 1.165) is 34.4 Å². The van der Waals surface area contributed by atoms with Gasteiger partial charge in [0.15, 0.2) is 0 Å². The van der Waals surface area contributed by atoms with Crippen LogP contribution >= 0.6 is 15.9 Å². The SMILES string of the molecule is O=C(CCCOc1cccc(Br)c1)NC12CC3CC(CC(C3)C1)C2. The molecular weight excluding hydrogens is 366 g/mol. The van der Waals surface area contributed by atoms with E-state index in [1.54, 1.807) is 0 Å². The average Bonchev–Trinajstić information content (AvgIpc) is 2.50. The Kier molecular flexibility index (Phi) is 4.59. The Balaban J connectivity index is 1.23. The molecule has 4 saturated carbocycles. The van der Waals surface area contributed by atoms with Crippen LogP contribution in [0.5, 0.6) is 5.75 Å². The smallest absolute Gasteiger partial charge is 0.220 e. The molecule has 3 nitrogen and oxygen atoms in total. The summed E-state index contributed by atoms with van der Waals surface area (Å²) in [7, 11) is 0. The van der Waals surface area contributed by atoms with Gasteiger partial charge in [0.05, 0.1) is 6.61 Å². The zero-order valence-corrected chi connectivity index (χ0v) is 15.7. The average molecular weight is 392 g/mol. The first-order valence-corrected chi connectivity index (χ1v) is 10.1. The standard InChI is InChI=1S/C20H26BrNO2/c21-17-3-1-4-18(10-17)24-6-2-5-19(23)22-20-11-14-7-15(12-20)9-16(8-14)13-20/h1,3-4,10,14-16H,2,5-9,11-13H2,(H,22,23). The van der Waals surface area contributed by atoms with Gasteiger partial charge in [-0.05, 0) is 80.9 Å². The molecule has 1 aromatic carbocycles. The van der Waals surface area contributed by atoms with Gasteiger partial charge in [0.25, 0.3) is 0 Å². The Morgan fingerprint density at radius 1 is 1.17 bits per heavy atom. The second kappa shape index (κ2) is 6.70. The van der Waals surface area contributed by atoms with Gasteiger partial charge in [-0.1, -0.05) is 22.0 Å². The highest BCUT2D eigenvalue weighted by atomic mass is 79.9. The molecule has 24 heavy (non-hydrogen) atoms. The highest BCUT2D eigenvalue weighted by molar-refractivity contribution is 9.10. The monoisotopic (exact) mass is 391 g/mol. The van der Waals surface area contributed by atoms with E-state index in [4.69, 9.17) is 4.74 Å². The number of halogens is 1. The second-order valence-corrected chi connectivity index (χ2v) is 9.07. The second-order valence-electron chi connectivity index (χ2n) is 8.16. The van der Waals surface area contributed by atoms with Gasteiger partial charge in [-0.2, -0.15) is 0 Å². The lowest BCUT2D eigenvalue weighted by atomic mass is 9.53. The van der Waals surface area contributed by atoms with Crippen molar-refractivity contribution in [3.05, 3.63) is 28.7 Å². The maximum absolute atomic E-state index is 12.4. The minimum absolute atomic E-state index is 0.136. The molecule has 0 aliphatic heterocycles. The lowest BCUT2D eigenvalue weighted by Crippen LogP contribution is -2.59. The minimum Gasteiger partial charge on any atom is -0.494 e. The van der Waals surface area contributed by atoms with Crippen molar-refractivity contribution in [2.45, 2.75) is 56.9 Å². The zero-order chi connectivity index (χ0) is 16.6. The summed E-state index contributed by atoms with van der Waals surface area (Å²) in [6, 6.07) is 7.83. The molecule has 1 amide bonds. The van der Waals surface area contributed by atoms with E-state index in [1.165, 1.54) is 38.5 Å². The van der Waals surface area contributed by atoms with E-state index < -0.39 is 0 Å². The minimum atomic E-state index is 0.136. The summed E-state index contributed by atoms with van der Waals surface area (Å²) in [4.78, 5) is 12.4. The number of benzene rings is 1. The summed E-state index contributed by atoms with van der Waals surface area (Å²) in [5.74, 6) is 3.69. The van der Waals surface area contributed by atoms with Crippen molar-refractivity contribution in [2.75, 3.05) is 6.61 Å². The zero-order valence-electron chi connectivity index (χ0n) is 14.1. The quantitative estimate of drug-likeness (QED) is 0.714. The largest absolute Gasteiger partial charge is 0.494 e. The Labute approximate surface area is 152 Å². The number of nitrogens with one attached hydrogen (secondary N) is 1. The van der Waals surface area contributed by atoms with Crippen LogP contribution < -0.4 is 10.1 Å². The molecular formula is C20H26BrNO2. The lowest BCUT2D eigenvalue weighted by molar-refractivity contribution is -0.127. The van der Waals surface area contributed by atoms with Crippen molar-refractivity contribution >= 4 is 21.8 Å². The van der Waals surface area contributed by atoms with Gasteiger partial charge >= 0.3 is 0 Å². The summed E-state index contributed by atoms with van der Waals surface area (Å²) in [6.45, 7) is 0.588. The fourth-order valence-corrected chi connectivity index (χ4v) is 5.98. The van der Waals surface area contributed by atoms with E-state index in [-0.39, 0.29) is 11.4 Å². The number of carbonyl (C=O) groups is 1. The molecule has 0 atom stereocenters. The highest BCUT2D eigenvalue weighted by Crippen LogP contribution is 2.55. The van der Waals surface area contributed by atoms with Crippen molar-refractivity contribution in [2.24, 2.45) is 17.8 Å². The number of hydrogen-bond acceptors (Lipinski definition) is 2. The van der Waals surface area contributed by atoms with E-state index in [0.29, 0.717) is 13.0 Å². The van der Waals surface area contributed by atoms with Crippen molar-refractivity contribution in [3.63, 3.8) is 0 Å². The van der Waals surface area contributed by atoms with Crippen molar-refractivity contribution in [3.8, 4) is 5.75 Å². The lowest BCUT2D eigenvalue weighted by Gasteiger charge is -2.56. The van der Waals surface area contributed by atoms with Crippen molar-refractivity contribution in [1.82, 2.24) is 5.32 Å². The van der Waals surface area contributed by atoms with Gasteiger partial charge < -0.3 is 10.1 Å². The van der Waals surface area contributed by atoms with Crippen molar-refractivity contribution < 1.29 is 9.53 Å². The first-order valence-electron chi connectivity index (χ1n) is 9.30. The molecule has 0 saturated heterocycles. The number of carbonyl (C=O) groups excluding carboxylic acids is 1. The fraction of sp³-hybridized carbons (Fsp3) is 0.650. The van der Waals surface area contributed by atoms with Gasteiger partial charge in [-0.3, -0.25) is 4.79 Å². The number of ether oxygens (including phenoxy) is 1. The van der Waals surface area contributed by atoms with Crippen LogP contribution in [0.2, 0.25) is 0 Å². The summed E-state index contributed by atoms with van der Waals surface area (Å²) < 4.78 is 6.73. The molecule has 0 heterocycles. The van der Waals surface area contributed by atoms with Crippen LogP contribution in [-0.4, -0.2) is 18.1 Å². The Morgan fingerprint density at radius 3 is 2.46 bits per heavy atom. The molecule has 0 aromatic heterocycles. The molecule has 4 aliphatic rings. The van der Waals surface area contributed by atoms with Gasteiger partial charge in [0.2, 0.25) is 5.91 Å². The summed E-state index contributed by atoms with van der Waals surface area (Å²) in [6.07, 6.45) is 9.24. The highest BCUT2D eigenvalue weighted by Gasteiger charge is 2.51. The number of amides is 1. The molecule has 130 valence electrons. The van der Waals surface area contributed by atoms with Crippen molar-refractivity contribution in [1.29, 1.82) is 0 Å². The molecule has 4 heteroatoms. The molecule has 5 rings (SSSR count). The van der Waals surface area contributed by atoms with Gasteiger partial charge in [0.1, 0.15) is 5.75 Å². The van der Waals surface area contributed by atoms with Crippen LogP contribution in [0.15, 0.2) is 28.7 Å². The van der Waals surface area contributed by atoms with Crippen LogP contribution in [0.4, 0.5) is 0 Å². The molecule has 4 bridgehead atoms. The fourth-order valence-electron chi connectivity index (χ4n) is 5.60. The predicted octanol–water partition coefficient (Wildman–Crippen LogP) is 4.69. The van der Waals surface area contributed by atoms with Gasteiger partial charge in [0, 0.05) is 16.4 Å². The normalized spacial score (nSPS) is 33.5. The summed E-state index contributed by atoms with van der Waals surface area (Å²) in [5.41, 5.74) is 0.136. The molecule has 1 aromatic rings. The topological polar surface area (TPSA) is 38.3 Å². The van der Waals surface area contributed by atoms with E-state index in [2.05, 4.69) is 21.2 Å². The Hall–Kier alpha value is -1.03. The maximum atomic E-state index is 12.4. The van der Waals surface area contributed by atoms with E-state index in [1.807, 2.05) is 24.3 Å². The Morgan fingerprint density at radius 2 is 1.83 bits per heavy atom. The van der Waals surface area contributed by atoms with Crippen LogP contribution in [0, 0.1) is 17.8 Å². The number of hydrogen-bond donors (Lipinski definition) is 1. The van der Waals surface area contributed by atoms with Crippen LogP contribution in [-0.2, 0) is 4.79 Å². The van der Waals surface area contributed by atoms with Gasteiger partial charge in [-0.15, -0.1) is 0 Å². The Bertz CT molecular complexity index is 580. The summed E-state index contributed by atoms with van der Waals surface area (Å²) >= 11 is 3.44. The van der Waals surface area contributed by atoms with Crippen LogP contribution in [0.3, 0.4) is 0 Å². The first-order chi connectivity index (χ1) is 11.6. The molecule has 0 spiro atoms. The van der Waals surface area contributed by atoms with E-state index >= 15 is 0 Å².